The molecule has 1 aliphatic rings. The molecule has 1 aromatic heterocycles. The zero-order valence-electron chi connectivity index (χ0n) is 15.6. The van der Waals surface area contributed by atoms with Crippen LogP contribution in [0.5, 0.6) is 0 Å². The van der Waals surface area contributed by atoms with Crippen LogP contribution in [-0.2, 0) is 25.7 Å². The van der Waals surface area contributed by atoms with E-state index < -0.39 is 17.6 Å². The molecule has 0 radical (unpaired) electrons. The third kappa shape index (κ3) is 4.24. The molecule has 2 aromatic carbocycles. The molecular weight excluding hydrogens is 422 g/mol. The van der Waals surface area contributed by atoms with Crippen LogP contribution < -0.4 is 5.56 Å². The van der Waals surface area contributed by atoms with Crippen LogP contribution in [0.15, 0.2) is 47.3 Å². The highest BCUT2D eigenvalue weighted by atomic mass is 35.5. The van der Waals surface area contributed by atoms with Crippen LogP contribution in [0.2, 0.25) is 5.02 Å². The van der Waals surface area contributed by atoms with E-state index in [2.05, 4.69) is 9.97 Å². The van der Waals surface area contributed by atoms with Gasteiger partial charge in [0.25, 0.3) is 5.56 Å². The van der Waals surface area contributed by atoms with Gasteiger partial charge < -0.3 is 4.98 Å². The first kappa shape index (κ1) is 20.6. The number of rotatable bonds is 3. The molecule has 0 atom stereocenters. The van der Waals surface area contributed by atoms with Crippen LogP contribution in [0.4, 0.5) is 17.6 Å². The highest BCUT2D eigenvalue weighted by Gasteiger charge is 2.31. The van der Waals surface area contributed by atoms with E-state index >= 15 is 0 Å². The lowest BCUT2D eigenvalue weighted by atomic mass is 10.0. The van der Waals surface area contributed by atoms with Crippen molar-refractivity contribution in [1.82, 2.24) is 14.9 Å². The van der Waals surface area contributed by atoms with Gasteiger partial charge in [0.2, 0.25) is 0 Å². The maximum absolute atomic E-state index is 14.1. The van der Waals surface area contributed by atoms with Crippen LogP contribution in [0.3, 0.4) is 0 Å². The first-order chi connectivity index (χ1) is 14.2. The Kier molecular flexibility index (Phi) is 5.38. The number of halogens is 5. The van der Waals surface area contributed by atoms with E-state index in [4.69, 9.17) is 11.6 Å². The summed E-state index contributed by atoms with van der Waals surface area (Å²) in [6.07, 6.45) is -4.17. The van der Waals surface area contributed by atoms with E-state index in [1.165, 1.54) is 0 Å². The molecule has 1 aliphatic heterocycles. The fourth-order valence-corrected chi connectivity index (χ4v) is 3.61. The van der Waals surface area contributed by atoms with Crippen LogP contribution in [0, 0.1) is 5.82 Å². The van der Waals surface area contributed by atoms with Gasteiger partial charge in [0.15, 0.2) is 0 Å². The van der Waals surface area contributed by atoms with E-state index in [0.717, 1.165) is 18.2 Å². The van der Waals surface area contributed by atoms with Crippen molar-refractivity contribution in [1.29, 1.82) is 0 Å². The Hall–Kier alpha value is -2.71. The van der Waals surface area contributed by atoms with Crippen LogP contribution in [0.1, 0.15) is 22.4 Å². The molecule has 2 heterocycles. The highest BCUT2D eigenvalue weighted by Crippen LogP contribution is 2.31. The molecule has 0 unspecified atom stereocenters. The maximum Gasteiger partial charge on any atom is 0.416 e. The minimum atomic E-state index is -4.54. The van der Waals surface area contributed by atoms with Gasteiger partial charge in [-0.1, -0.05) is 11.6 Å². The minimum absolute atomic E-state index is 0.0139. The first-order valence-corrected chi connectivity index (χ1v) is 9.54. The van der Waals surface area contributed by atoms with E-state index in [1.807, 2.05) is 0 Å². The molecule has 0 saturated heterocycles. The third-order valence-corrected chi connectivity index (χ3v) is 5.29. The molecule has 9 heteroatoms. The predicted octanol–water partition coefficient (Wildman–Crippen LogP) is 4.81. The van der Waals surface area contributed by atoms with Gasteiger partial charge in [-0.2, -0.15) is 13.2 Å². The zero-order valence-corrected chi connectivity index (χ0v) is 16.3. The van der Waals surface area contributed by atoms with Crippen molar-refractivity contribution >= 4 is 11.6 Å². The molecule has 4 rings (SSSR count). The summed E-state index contributed by atoms with van der Waals surface area (Å²) in [6, 6.07) is 9.20. The SMILES string of the molecule is O=c1[nH]c(-c2ccc(Cl)cc2)nc2c1CCN(Cc1cc(C(F)(F)F)ccc1F)C2. The standard InChI is InChI=1S/C21H16ClF4N3O/c22-15-4-1-12(2-5-15)19-27-18-11-29(8-7-16(18)20(30)28-19)10-13-9-14(21(24,25)26)3-6-17(13)23/h1-6,9H,7-8,10-11H2,(H,27,28,30). The average molecular weight is 438 g/mol. The number of nitrogens with one attached hydrogen (secondary N) is 1. The van der Waals surface area contributed by atoms with Crippen molar-refractivity contribution in [2.45, 2.75) is 25.7 Å². The Morgan fingerprint density at radius 3 is 2.57 bits per heavy atom. The molecule has 1 N–H and O–H groups in total. The van der Waals surface area contributed by atoms with E-state index in [-0.39, 0.29) is 24.2 Å². The summed E-state index contributed by atoms with van der Waals surface area (Å²) in [5.74, 6) is -0.322. The monoisotopic (exact) mass is 437 g/mol. The van der Waals surface area contributed by atoms with Crippen LogP contribution in [0.25, 0.3) is 11.4 Å². The number of hydrogen-bond acceptors (Lipinski definition) is 3. The Morgan fingerprint density at radius 2 is 1.87 bits per heavy atom. The molecule has 156 valence electrons. The number of hydrogen-bond donors (Lipinski definition) is 1. The number of benzene rings is 2. The molecule has 0 amide bonds. The Balaban J connectivity index is 1.61. The molecule has 0 aliphatic carbocycles. The lowest BCUT2D eigenvalue weighted by Crippen LogP contribution is -2.35. The van der Waals surface area contributed by atoms with Crippen molar-refractivity contribution in [3.8, 4) is 11.4 Å². The highest BCUT2D eigenvalue weighted by molar-refractivity contribution is 6.30. The van der Waals surface area contributed by atoms with Gasteiger partial charge >= 0.3 is 6.18 Å². The summed E-state index contributed by atoms with van der Waals surface area (Å²) >= 11 is 5.89. The van der Waals surface area contributed by atoms with E-state index in [0.29, 0.717) is 40.6 Å². The van der Waals surface area contributed by atoms with Crippen molar-refractivity contribution in [3.63, 3.8) is 0 Å². The largest absolute Gasteiger partial charge is 0.416 e. The molecule has 0 saturated carbocycles. The van der Waals surface area contributed by atoms with Gasteiger partial charge in [-0.15, -0.1) is 0 Å². The minimum Gasteiger partial charge on any atom is -0.306 e. The second kappa shape index (κ2) is 7.85. The molecular formula is C21H16ClF4N3O. The summed E-state index contributed by atoms with van der Waals surface area (Å²) in [5.41, 5.74) is 0.554. The molecule has 3 aromatic rings. The van der Waals surface area contributed by atoms with Gasteiger partial charge in [-0.3, -0.25) is 9.69 Å². The van der Waals surface area contributed by atoms with Crippen LogP contribution in [-0.4, -0.2) is 21.4 Å². The summed E-state index contributed by atoms with van der Waals surface area (Å²) in [5, 5.41) is 0.549. The summed E-state index contributed by atoms with van der Waals surface area (Å²) < 4.78 is 53.0. The summed E-state index contributed by atoms with van der Waals surface area (Å²) in [6.45, 7) is 0.628. The number of aromatic nitrogens is 2. The van der Waals surface area contributed by atoms with Crippen molar-refractivity contribution in [2.24, 2.45) is 0 Å². The van der Waals surface area contributed by atoms with E-state index in [1.54, 1.807) is 29.2 Å². The van der Waals surface area contributed by atoms with Crippen molar-refractivity contribution in [2.75, 3.05) is 6.54 Å². The number of aromatic amines is 1. The quantitative estimate of drug-likeness (QED) is 0.598. The van der Waals surface area contributed by atoms with Gasteiger partial charge in [0, 0.05) is 41.3 Å². The van der Waals surface area contributed by atoms with Crippen LogP contribution >= 0.6 is 11.6 Å². The Labute approximate surface area is 174 Å². The van der Waals surface area contributed by atoms with Gasteiger partial charge in [0.05, 0.1) is 11.3 Å². The third-order valence-electron chi connectivity index (χ3n) is 5.04. The predicted molar refractivity (Wildman–Crippen MR) is 105 cm³/mol. The normalized spacial score (nSPS) is 14.6. The number of nitrogens with zero attached hydrogens (tertiary/aromatic N) is 2. The smallest absolute Gasteiger partial charge is 0.306 e. The molecule has 30 heavy (non-hydrogen) atoms. The molecule has 4 nitrogen and oxygen atoms in total. The zero-order chi connectivity index (χ0) is 21.5. The number of alkyl halides is 3. The summed E-state index contributed by atoms with van der Waals surface area (Å²) in [7, 11) is 0. The molecule has 0 fully saturated rings. The van der Waals surface area contributed by atoms with Gasteiger partial charge in [-0.05, 0) is 48.9 Å². The van der Waals surface area contributed by atoms with Crippen molar-refractivity contribution < 1.29 is 17.6 Å². The number of fused-ring (bicyclic) bond motifs is 1. The fourth-order valence-electron chi connectivity index (χ4n) is 3.49. The second-order valence-electron chi connectivity index (χ2n) is 7.11. The topological polar surface area (TPSA) is 49.0 Å². The lowest BCUT2D eigenvalue weighted by molar-refractivity contribution is -0.137. The van der Waals surface area contributed by atoms with Crippen molar-refractivity contribution in [3.05, 3.63) is 86.0 Å². The first-order valence-electron chi connectivity index (χ1n) is 9.16. The second-order valence-corrected chi connectivity index (χ2v) is 7.55. The van der Waals surface area contributed by atoms with Gasteiger partial charge in [-0.25, -0.2) is 9.37 Å². The molecule has 0 spiro atoms. The number of H-pyrrole nitrogens is 1. The van der Waals surface area contributed by atoms with Gasteiger partial charge in [0.1, 0.15) is 11.6 Å². The Bertz CT molecular complexity index is 1140. The average Bonchev–Trinajstić information content (AvgIpc) is 2.69. The maximum atomic E-state index is 14.1. The lowest BCUT2D eigenvalue weighted by Gasteiger charge is -2.28. The fraction of sp³-hybridized carbons (Fsp3) is 0.238. The Morgan fingerprint density at radius 1 is 1.13 bits per heavy atom. The summed E-state index contributed by atoms with van der Waals surface area (Å²) in [4.78, 5) is 21.5. The van der Waals surface area contributed by atoms with E-state index in [9.17, 15) is 22.4 Å². The molecule has 0 bridgehead atoms.